The average Bonchev–Trinajstić information content (AvgIpc) is 3.14. The Morgan fingerprint density at radius 2 is 1.93 bits per heavy atom. The van der Waals surface area contributed by atoms with Crippen molar-refractivity contribution in [2.45, 2.75) is 38.3 Å². The Morgan fingerprint density at radius 1 is 1.07 bits per heavy atom. The molecule has 0 saturated carbocycles. The molecule has 5 heteroatoms. The van der Waals surface area contributed by atoms with Crippen LogP contribution in [0.15, 0.2) is 35.3 Å². The number of nitrogens with zero attached hydrogens (tertiary/aromatic N) is 4. The van der Waals surface area contributed by atoms with Crippen molar-refractivity contribution < 1.29 is 0 Å². The van der Waals surface area contributed by atoms with Gasteiger partial charge < -0.3 is 15.1 Å². The summed E-state index contributed by atoms with van der Waals surface area (Å²) in [6.45, 7) is 8.12. The Labute approximate surface area is 170 Å². The molecule has 0 aromatic heterocycles. The summed E-state index contributed by atoms with van der Waals surface area (Å²) < 4.78 is 0. The quantitative estimate of drug-likeness (QED) is 0.640. The van der Waals surface area contributed by atoms with Crippen molar-refractivity contribution in [1.29, 1.82) is 0 Å². The molecule has 154 valence electrons. The van der Waals surface area contributed by atoms with E-state index in [0.29, 0.717) is 0 Å². The summed E-state index contributed by atoms with van der Waals surface area (Å²) in [4.78, 5) is 12.3. The second kappa shape index (κ2) is 9.27. The van der Waals surface area contributed by atoms with Crippen LogP contribution in [0.3, 0.4) is 0 Å². The molecule has 1 N–H and O–H groups in total. The Hall–Kier alpha value is -1.59. The van der Waals surface area contributed by atoms with Crippen LogP contribution in [0.1, 0.15) is 31.2 Å². The fraction of sp³-hybridized carbons (Fsp3) is 0.696. The molecule has 3 fully saturated rings. The van der Waals surface area contributed by atoms with Gasteiger partial charge in [0, 0.05) is 45.8 Å². The van der Waals surface area contributed by atoms with E-state index >= 15 is 0 Å². The van der Waals surface area contributed by atoms with Crippen LogP contribution in [0.4, 0.5) is 0 Å². The molecule has 3 saturated heterocycles. The van der Waals surface area contributed by atoms with Gasteiger partial charge in [-0.15, -0.1) is 0 Å². The van der Waals surface area contributed by atoms with Crippen molar-refractivity contribution in [3.8, 4) is 0 Å². The molecule has 5 nitrogen and oxygen atoms in total. The first-order valence-electron chi connectivity index (χ1n) is 11.1. The molecular formula is C23H37N5. The largest absolute Gasteiger partial charge is 0.356 e. The molecule has 0 aliphatic carbocycles. The molecule has 0 amide bonds. The van der Waals surface area contributed by atoms with Crippen molar-refractivity contribution in [2.24, 2.45) is 16.8 Å². The summed E-state index contributed by atoms with van der Waals surface area (Å²) in [7, 11) is 4.17. The lowest BCUT2D eigenvalue weighted by atomic mass is 9.83. The summed E-state index contributed by atoms with van der Waals surface area (Å²) in [6, 6.07) is 11.7. The van der Waals surface area contributed by atoms with Crippen molar-refractivity contribution in [2.75, 3.05) is 53.4 Å². The molecule has 1 aromatic rings. The maximum Gasteiger partial charge on any atom is 0.193 e. The van der Waals surface area contributed by atoms with Gasteiger partial charge in [-0.25, -0.2) is 0 Å². The lowest BCUT2D eigenvalue weighted by Crippen LogP contribution is -2.57. The normalized spacial score (nSPS) is 29.7. The summed E-state index contributed by atoms with van der Waals surface area (Å²) in [5.41, 5.74) is 1.45. The minimum absolute atomic E-state index is 0.729. The second-order valence-corrected chi connectivity index (χ2v) is 9.01. The van der Waals surface area contributed by atoms with Crippen LogP contribution >= 0.6 is 0 Å². The van der Waals surface area contributed by atoms with Gasteiger partial charge in [-0.2, -0.15) is 0 Å². The minimum Gasteiger partial charge on any atom is -0.356 e. The first kappa shape index (κ1) is 19.7. The molecule has 0 bridgehead atoms. The van der Waals surface area contributed by atoms with Crippen LogP contribution < -0.4 is 5.32 Å². The molecule has 1 aromatic carbocycles. The number of likely N-dealkylation sites (tertiary alicyclic amines) is 3. The van der Waals surface area contributed by atoms with E-state index in [9.17, 15) is 0 Å². The Kier molecular flexibility index (Phi) is 6.53. The van der Waals surface area contributed by atoms with Crippen LogP contribution in [0.25, 0.3) is 0 Å². The third-order valence-electron chi connectivity index (χ3n) is 6.96. The van der Waals surface area contributed by atoms with E-state index in [1.165, 1.54) is 50.9 Å². The third kappa shape index (κ3) is 4.69. The number of hydrogen-bond donors (Lipinski definition) is 1. The molecule has 0 radical (unpaired) electrons. The zero-order chi connectivity index (χ0) is 19.3. The highest BCUT2D eigenvalue weighted by Gasteiger charge is 2.36. The van der Waals surface area contributed by atoms with Gasteiger partial charge in [-0.3, -0.25) is 9.89 Å². The molecule has 3 aliphatic rings. The minimum atomic E-state index is 0.729. The van der Waals surface area contributed by atoms with Gasteiger partial charge in [0.1, 0.15) is 0 Å². The van der Waals surface area contributed by atoms with Crippen LogP contribution in [0.5, 0.6) is 0 Å². The van der Waals surface area contributed by atoms with Crippen molar-refractivity contribution in [1.82, 2.24) is 20.0 Å². The van der Waals surface area contributed by atoms with Gasteiger partial charge in [0.25, 0.3) is 0 Å². The third-order valence-corrected chi connectivity index (χ3v) is 6.96. The Balaban J connectivity index is 1.32. The van der Waals surface area contributed by atoms with Crippen LogP contribution in [0.2, 0.25) is 0 Å². The predicted molar refractivity (Wildman–Crippen MR) is 117 cm³/mol. The predicted octanol–water partition coefficient (Wildman–Crippen LogP) is 2.50. The fourth-order valence-electron chi connectivity index (χ4n) is 5.47. The van der Waals surface area contributed by atoms with Gasteiger partial charge in [0.15, 0.2) is 5.96 Å². The number of hydrogen-bond acceptors (Lipinski definition) is 3. The van der Waals surface area contributed by atoms with Gasteiger partial charge >= 0.3 is 0 Å². The Bertz CT molecular complexity index is 646. The highest BCUT2D eigenvalue weighted by Crippen LogP contribution is 2.31. The van der Waals surface area contributed by atoms with E-state index in [-0.39, 0.29) is 0 Å². The molecule has 4 rings (SSSR count). The first-order valence-corrected chi connectivity index (χ1v) is 11.1. The lowest BCUT2D eigenvalue weighted by molar-refractivity contribution is 0.0372. The van der Waals surface area contributed by atoms with Crippen LogP contribution in [0, 0.1) is 11.8 Å². The van der Waals surface area contributed by atoms with E-state index in [4.69, 9.17) is 0 Å². The van der Waals surface area contributed by atoms with E-state index in [1.54, 1.807) is 0 Å². The first-order chi connectivity index (χ1) is 13.7. The monoisotopic (exact) mass is 383 g/mol. The number of nitrogens with one attached hydrogen (secondary N) is 1. The van der Waals surface area contributed by atoms with Crippen molar-refractivity contribution >= 4 is 5.96 Å². The number of fused-ring (bicyclic) bond motifs is 1. The number of benzene rings is 1. The van der Waals surface area contributed by atoms with Crippen molar-refractivity contribution in [3.63, 3.8) is 0 Å². The second-order valence-electron chi connectivity index (χ2n) is 9.01. The highest BCUT2D eigenvalue weighted by atomic mass is 15.3. The molecule has 0 spiro atoms. The SMILES string of the molecule is CN=C(NCC1CCN(C)C1)N1CCC2C(CCCN2Cc2ccccc2)C1. The zero-order valence-corrected chi connectivity index (χ0v) is 17.7. The van der Waals surface area contributed by atoms with E-state index < -0.39 is 0 Å². The summed E-state index contributed by atoms with van der Waals surface area (Å²) >= 11 is 0. The Morgan fingerprint density at radius 3 is 2.68 bits per heavy atom. The lowest BCUT2D eigenvalue weighted by Gasteiger charge is -2.48. The zero-order valence-electron chi connectivity index (χ0n) is 17.7. The maximum absolute atomic E-state index is 4.62. The topological polar surface area (TPSA) is 34.1 Å². The van der Waals surface area contributed by atoms with Crippen LogP contribution in [-0.2, 0) is 6.54 Å². The maximum atomic E-state index is 4.62. The van der Waals surface area contributed by atoms with E-state index in [1.807, 2.05) is 7.05 Å². The molecule has 3 unspecified atom stereocenters. The molecule has 3 heterocycles. The smallest absolute Gasteiger partial charge is 0.193 e. The number of rotatable bonds is 4. The van der Waals surface area contributed by atoms with Gasteiger partial charge in [0.2, 0.25) is 0 Å². The molecule has 3 atom stereocenters. The highest BCUT2D eigenvalue weighted by molar-refractivity contribution is 5.80. The number of piperidine rings is 2. The van der Waals surface area contributed by atoms with Gasteiger partial charge in [-0.05, 0) is 63.2 Å². The molecule has 3 aliphatic heterocycles. The van der Waals surface area contributed by atoms with E-state index in [0.717, 1.165) is 50.0 Å². The average molecular weight is 384 g/mol. The van der Waals surface area contributed by atoms with Crippen LogP contribution in [-0.4, -0.2) is 80.1 Å². The number of guanidine groups is 1. The number of aliphatic imine (C=N–C) groups is 1. The fourth-order valence-corrected chi connectivity index (χ4v) is 5.47. The molecular weight excluding hydrogens is 346 g/mol. The summed E-state index contributed by atoms with van der Waals surface area (Å²) in [5.74, 6) is 2.64. The van der Waals surface area contributed by atoms with Gasteiger partial charge in [-0.1, -0.05) is 30.3 Å². The van der Waals surface area contributed by atoms with E-state index in [2.05, 4.69) is 62.4 Å². The summed E-state index contributed by atoms with van der Waals surface area (Å²) in [5, 5.41) is 3.68. The molecule has 28 heavy (non-hydrogen) atoms. The summed E-state index contributed by atoms with van der Waals surface area (Å²) in [6.07, 6.45) is 5.24. The van der Waals surface area contributed by atoms with Crippen molar-refractivity contribution in [3.05, 3.63) is 35.9 Å². The standard InChI is InChI=1S/C23H37N5/c1-24-23(25-15-20-10-13-26(2)16-20)28-14-11-22-21(18-28)9-6-12-27(22)17-19-7-4-3-5-8-19/h3-5,7-8,20-22H,6,9-18H2,1-2H3,(H,24,25). The van der Waals surface area contributed by atoms with Gasteiger partial charge in [0.05, 0.1) is 0 Å².